The zero-order valence-electron chi connectivity index (χ0n) is 4.63. The van der Waals surface area contributed by atoms with E-state index in [0.29, 0.717) is 0 Å². The molecule has 8 heavy (non-hydrogen) atoms. The Morgan fingerprint density at radius 3 is 2.62 bits per heavy atom. The van der Waals surface area contributed by atoms with Gasteiger partial charge in [0.15, 0.2) is 6.10 Å². The number of ether oxygens (including phenoxy) is 1. The average molecular weight is 116 g/mol. The summed E-state index contributed by atoms with van der Waals surface area (Å²) in [5.74, 6) is -0.982. The van der Waals surface area contributed by atoms with Crippen LogP contribution in [0.2, 0.25) is 0 Å². The van der Waals surface area contributed by atoms with Crippen molar-refractivity contribution in [3.8, 4) is 0 Å². The molecule has 0 aliphatic heterocycles. The molecular weight excluding hydrogens is 108 g/mol. The fourth-order valence-corrected chi connectivity index (χ4v) is 0.203. The van der Waals surface area contributed by atoms with Crippen LogP contribution in [0.1, 0.15) is 6.92 Å². The first-order valence-electron chi connectivity index (χ1n) is 2.17. The number of carboxylic acids is 1. The van der Waals surface area contributed by atoms with E-state index < -0.39 is 12.1 Å². The van der Waals surface area contributed by atoms with Gasteiger partial charge in [-0.3, -0.25) is 0 Å². The molecule has 46 valence electrons. The van der Waals surface area contributed by atoms with E-state index in [4.69, 9.17) is 5.11 Å². The molecule has 3 nitrogen and oxygen atoms in total. The number of aliphatic carboxylic acids is 1. The van der Waals surface area contributed by atoms with E-state index in [1.807, 2.05) is 0 Å². The molecule has 0 aliphatic carbocycles. The van der Waals surface area contributed by atoms with Gasteiger partial charge in [0, 0.05) is 0 Å². The Morgan fingerprint density at radius 2 is 2.50 bits per heavy atom. The normalized spacial score (nSPS) is 12.1. The van der Waals surface area contributed by atoms with Crippen molar-refractivity contribution in [3.63, 3.8) is 0 Å². The van der Waals surface area contributed by atoms with Gasteiger partial charge >= 0.3 is 5.97 Å². The van der Waals surface area contributed by atoms with Gasteiger partial charge in [-0.25, -0.2) is 4.79 Å². The van der Waals surface area contributed by atoms with E-state index in [9.17, 15) is 4.79 Å². The van der Waals surface area contributed by atoms with E-state index in [1.54, 1.807) is 0 Å². The number of carboxylic acid groups (broad SMARTS) is 1. The highest BCUT2D eigenvalue weighted by Crippen LogP contribution is 1.88. The minimum atomic E-state index is -0.982. The molecule has 0 saturated heterocycles. The molecule has 0 rings (SSSR count). The molecule has 0 fully saturated rings. The fraction of sp³-hybridized carbons (Fsp3) is 0.400. The van der Waals surface area contributed by atoms with Crippen LogP contribution in [0.15, 0.2) is 12.8 Å². The van der Waals surface area contributed by atoms with Crippen LogP contribution in [0.3, 0.4) is 0 Å². The first kappa shape index (κ1) is 7.01. The summed E-state index contributed by atoms with van der Waals surface area (Å²) >= 11 is 0. The van der Waals surface area contributed by atoms with E-state index in [2.05, 4.69) is 11.3 Å². The first-order chi connectivity index (χ1) is 3.68. The van der Waals surface area contributed by atoms with Crippen LogP contribution in [0, 0.1) is 0 Å². The minimum absolute atomic E-state index is 0.785. The van der Waals surface area contributed by atoms with Gasteiger partial charge in [-0.1, -0.05) is 6.58 Å². The molecule has 0 aromatic rings. The van der Waals surface area contributed by atoms with Gasteiger partial charge in [-0.05, 0) is 6.92 Å². The predicted octanol–water partition coefficient (Wildman–Crippen LogP) is 0.620. The lowest BCUT2D eigenvalue weighted by Gasteiger charge is -2.02. The Morgan fingerprint density at radius 1 is 2.00 bits per heavy atom. The predicted molar refractivity (Wildman–Crippen MR) is 28.4 cm³/mol. The quantitative estimate of drug-likeness (QED) is 0.550. The Labute approximate surface area is 47.6 Å². The van der Waals surface area contributed by atoms with Crippen molar-refractivity contribution in [1.29, 1.82) is 0 Å². The molecule has 1 atom stereocenters. The molecule has 0 bridgehead atoms. The van der Waals surface area contributed by atoms with Crippen molar-refractivity contribution in [2.24, 2.45) is 0 Å². The maximum absolute atomic E-state index is 9.92. The SMILES string of the molecule is C=COC(C)C(=O)O. The Balaban J connectivity index is 3.46. The fourth-order valence-electron chi connectivity index (χ4n) is 0.203. The molecule has 1 N–H and O–H groups in total. The second-order valence-corrected chi connectivity index (χ2v) is 1.28. The first-order valence-corrected chi connectivity index (χ1v) is 2.17. The number of hydrogen-bond donors (Lipinski definition) is 1. The summed E-state index contributed by atoms with van der Waals surface area (Å²) in [5.41, 5.74) is 0. The highest BCUT2D eigenvalue weighted by Gasteiger charge is 2.07. The Hall–Kier alpha value is -0.990. The topological polar surface area (TPSA) is 46.5 Å². The Kier molecular flexibility index (Phi) is 2.69. The van der Waals surface area contributed by atoms with Gasteiger partial charge in [0.05, 0.1) is 6.26 Å². The summed E-state index contributed by atoms with van der Waals surface area (Å²) in [4.78, 5) is 9.92. The highest BCUT2D eigenvalue weighted by molar-refractivity contribution is 5.71. The Bertz CT molecular complexity index is 97.8. The van der Waals surface area contributed by atoms with E-state index in [-0.39, 0.29) is 0 Å². The molecule has 0 heterocycles. The summed E-state index contributed by atoms with van der Waals surface area (Å²) in [6.07, 6.45) is 0.325. The van der Waals surface area contributed by atoms with Gasteiger partial charge in [-0.15, -0.1) is 0 Å². The van der Waals surface area contributed by atoms with Crippen molar-refractivity contribution >= 4 is 5.97 Å². The summed E-state index contributed by atoms with van der Waals surface area (Å²) in [5, 5.41) is 8.14. The summed E-state index contributed by atoms with van der Waals surface area (Å²) < 4.78 is 4.47. The lowest BCUT2D eigenvalue weighted by atomic mass is 10.4. The van der Waals surface area contributed by atoms with Gasteiger partial charge < -0.3 is 9.84 Å². The summed E-state index contributed by atoms with van der Waals surface area (Å²) in [6.45, 7) is 4.63. The van der Waals surface area contributed by atoms with Crippen LogP contribution in [-0.2, 0) is 9.53 Å². The number of hydrogen-bond acceptors (Lipinski definition) is 2. The molecule has 0 aromatic heterocycles. The molecule has 0 saturated carbocycles. The largest absolute Gasteiger partial charge is 0.487 e. The van der Waals surface area contributed by atoms with Crippen LogP contribution in [-0.4, -0.2) is 17.2 Å². The zero-order valence-corrected chi connectivity index (χ0v) is 4.63. The second-order valence-electron chi connectivity index (χ2n) is 1.28. The van der Waals surface area contributed by atoms with Crippen LogP contribution < -0.4 is 0 Å². The number of carbonyl (C=O) groups is 1. The summed E-state index contributed by atoms with van der Waals surface area (Å²) in [6, 6.07) is 0. The standard InChI is InChI=1S/C5H8O3/c1-3-8-4(2)5(6)7/h3-4H,1H2,2H3,(H,6,7). The molecule has 0 radical (unpaired) electrons. The summed E-state index contributed by atoms with van der Waals surface area (Å²) in [7, 11) is 0. The molecule has 0 aromatic carbocycles. The highest BCUT2D eigenvalue weighted by atomic mass is 16.5. The molecule has 3 heteroatoms. The lowest BCUT2D eigenvalue weighted by molar-refractivity contribution is -0.145. The zero-order chi connectivity index (χ0) is 6.57. The van der Waals surface area contributed by atoms with E-state index >= 15 is 0 Å². The number of rotatable bonds is 3. The molecule has 0 amide bonds. The lowest BCUT2D eigenvalue weighted by Crippen LogP contribution is -2.16. The molecular formula is C5H8O3. The van der Waals surface area contributed by atoms with Crippen LogP contribution >= 0.6 is 0 Å². The smallest absolute Gasteiger partial charge is 0.344 e. The van der Waals surface area contributed by atoms with Crippen molar-refractivity contribution < 1.29 is 14.6 Å². The molecule has 0 spiro atoms. The maximum Gasteiger partial charge on any atom is 0.344 e. The molecule has 1 unspecified atom stereocenters. The maximum atomic E-state index is 9.92. The monoisotopic (exact) mass is 116 g/mol. The second kappa shape index (κ2) is 3.07. The van der Waals surface area contributed by atoms with Crippen LogP contribution in [0.25, 0.3) is 0 Å². The van der Waals surface area contributed by atoms with Crippen molar-refractivity contribution in [2.75, 3.05) is 0 Å². The van der Waals surface area contributed by atoms with Crippen molar-refractivity contribution in [2.45, 2.75) is 13.0 Å². The van der Waals surface area contributed by atoms with Crippen LogP contribution in [0.4, 0.5) is 0 Å². The van der Waals surface area contributed by atoms with E-state index in [0.717, 1.165) is 6.26 Å². The van der Waals surface area contributed by atoms with E-state index in [1.165, 1.54) is 6.92 Å². The van der Waals surface area contributed by atoms with Gasteiger partial charge in [0.2, 0.25) is 0 Å². The third kappa shape index (κ3) is 2.23. The van der Waals surface area contributed by atoms with Gasteiger partial charge in [0.25, 0.3) is 0 Å². The third-order valence-corrected chi connectivity index (χ3v) is 0.648. The van der Waals surface area contributed by atoms with Crippen LogP contribution in [0.5, 0.6) is 0 Å². The minimum Gasteiger partial charge on any atom is -0.487 e. The average Bonchev–Trinajstić information content (AvgIpc) is 1.67. The van der Waals surface area contributed by atoms with Gasteiger partial charge in [-0.2, -0.15) is 0 Å². The molecule has 0 aliphatic rings. The third-order valence-electron chi connectivity index (χ3n) is 0.648. The van der Waals surface area contributed by atoms with Crippen molar-refractivity contribution in [1.82, 2.24) is 0 Å². The van der Waals surface area contributed by atoms with Gasteiger partial charge in [0.1, 0.15) is 0 Å². The van der Waals surface area contributed by atoms with Crippen molar-refractivity contribution in [3.05, 3.63) is 12.8 Å².